The molecule has 0 aromatic carbocycles. The third kappa shape index (κ3) is 6.36. The van der Waals surface area contributed by atoms with Crippen LogP contribution in [0, 0.1) is 5.92 Å². The van der Waals surface area contributed by atoms with E-state index in [0.717, 1.165) is 18.2 Å². The summed E-state index contributed by atoms with van der Waals surface area (Å²) in [6.45, 7) is 5.62. The smallest absolute Gasteiger partial charge is 0.0584 e. The van der Waals surface area contributed by atoms with Crippen molar-refractivity contribution in [3.63, 3.8) is 0 Å². The van der Waals surface area contributed by atoms with Crippen LogP contribution in [0.5, 0.6) is 0 Å². The molecule has 3 heteroatoms. The highest BCUT2D eigenvalue weighted by atomic mass is 32.1. The number of aliphatic hydroxyl groups excluding tert-OH is 1. The van der Waals surface area contributed by atoms with E-state index in [1.54, 1.807) is 0 Å². The van der Waals surface area contributed by atoms with Gasteiger partial charge in [0.05, 0.1) is 6.61 Å². The number of hydrogen-bond acceptors (Lipinski definition) is 3. The Kier molecular flexibility index (Phi) is 7.81. The van der Waals surface area contributed by atoms with Gasteiger partial charge in [-0.1, -0.05) is 6.92 Å². The molecule has 2 unspecified atom stereocenters. The van der Waals surface area contributed by atoms with Crippen LogP contribution in [0.1, 0.15) is 26.7 Å². The van der Waals surface area contributed by atoms with Crippen molar-refractivity contribution in [3.8, 4) is 0 Å². The molecule has 0 fully saturated rings. The molecule has 80 valence electrons. The van der Waals surface area contributed by atoms with Crippen molar-refractivity contribution in [2.75, 3.05) is 26.0 Å². The lowest BCUT2D eigenvalue weighted by atomic mass is 10.0. The standard InChI is InChI=1S/C10H23NOS/c1-9(5-7-13)4-6-11(3)10(2)8-12/h9-10,12-13H,4-8H2,1-3H3. The van der Waals surface area contributed by atoms with Gasteiger partial charge in [-0.15, -0.1) is 0 Å². The van der Waals surface area contributed by atoms with Crippen LogP contribution in [-0.2, 0) is 0 Å². The summed E-state index contributed by atoms with van der Waals surface area (Å²) in [6.07, 6.45) is 2.38. The number of nitrogens with zero attached hydrogens (tertiary/aromatic N) is 1. The zero-order valence-corrected chi connectivity index (χ0v) is 9.93. The van der Waals surface area contributed by atoms with Crippen LogP contribution in [0.15, 0.2) is 0 Å². The molecule has 1 N–H and O–H groups in total. The van der Waals surface area contributed by atoms with E-state index in [-0.39, 0.29) is 12.6 Å². The Balaban J connectivity index is 3.50. The molecule has 0 rings (SSSR count). The van der Waals surface area contributed by atoms with Crippen LogP contribution in [0.25, 0.3) is 0 Å². The molecule has 0 aliphatic heterocycles. The fourth-order valence-corrected chi connectivity index (χ4v) is 1.59. The molecule has 0 saturated heterocycles. The van der Waals surface area contributed by atoms with E-state index in [9.17, 15) is 0 Å². The molecule has 0 aromatic rings. The fourth-order valence-electron chi connectivity index (χ4n) is 1.15. The van der Waals surface area contributed by atoms with Gasteiger partial charge in [0.1, 0.15) is 0 Å². The Morgan fingerprint density at radius 1 is 1.31 bits per heavy atom. The molecule has 0 spiro atoms. The minimum atomic E-state index is 0.247. The van der Waals surface area contributed by atoms with E-state index in [2.05, 4.69) is 31.5 Å². The van der Waals surface area contributed by atoms with Gasteiger partial charge < -0.3 is 10.0 Å². The Hall–Kier alpha value is 0.270. The van der Waals surface area contributed by atoms with Crippen molar-refractivity contribution < 1.29 is 5.11 Å². The summed E-state index contributed by atoms with van der Waals surface area (Å²) in [6, 6.07) is 0.281. The van der Waals surface area contributed by atoms with Gasteiger partial charge in [0.15, 0.2) is 0 Å². The summed E-state index contributed by atoms with van der Waals surface area (Å²) in [5.74, 6) is 1.71. The Bertz CT molecular complexity index is 121. The molecule has 0 bridgehead atoms. The zero-order chi connectivity index (χ0) is 10.3. The highest BCUT2D eigenvalue weighted by Gasteiger charge is 2.08. The van der Waals surface area contributed by atoms with Gasteiger partial charge in [-0.3, -0.25) is 0 Å². The van der Waals surface area contributed by atoms with E-state index in [1.165, 1.54) is 12.8 Å². The Morgan fingerprint density at radius 3 is 2.38 bits per heavy atom. The summed E-state index contributed by atoms with van der Waals surface area (Å²) in [7, 11) is 2.06. The van der Waals surface area contributed by atoms with Crippen molar-refractivity contribution in [1.82, 2.24) is 4.90 Å². The second-order valence-electron chi connectivity index (χ2n) is 3.92. The van der Waals surface area contributed by atoms with E-state index in [4.69, 9.17) is 5.11 Å². The number of aliphatic hydroxyl groups is 1. The average molecular weight is 205 g/mol. The Morgan fingerprint density at radius 2 is 1.92 bits per heavy atom. The largest absolute Gasteiger partial charge is 0.395 e. The second-order valence-corrected chi connectivity index (χ2v) is 4.37. The van der Waals surface area contributed by atoms with Gasteiger partial charge in [-0.25, -0.2) is 0 Å². The third-order valence-corrected chi connectivity index (χ3v) is 2.87. The summed E-state index contributed by atoms with van der Waals surface area (Å²) in [5.41, 5.74) is 0. The molecule has 2 nitrogen and oxygen atoms in total. The zero-order valence-electron chi connectivity index (χ0n) is 9.03. The van der Waals surface area contributed by atoms with E-state index in [1.807, 2.05) is 6.92 Å². The highest BCUT2D eigenvalue weighted by Crippen LogP contribution is 2.09. The summed E-state index contributed by atoms with van der Waals surface area (Å²) in [4.78, 5) is 2.20. The number of likely N-dealkylation sites (N-methyl/N-ethyl adjacent to an activating group) is 1. The topological polar surface area (TPSA) is 23.5 Å². The highest BCUT2D eigenvalue weighted by molar-refractivity contribution is 7.80. The van der Waals surface area contributed by atoms with Crippen LogP contribution in [0.4, 0.5) is 0 Å². The monoisotopic (exact) mass is 205 g/mol. The van der Waals surface area contributed by atoms with Crippen molar-refractivity contribution in [2.24, 2.45) is 5.92 Å². The molecule has 2 atom stereocenters. The molecule has 13 heavy (non-hydrogen) atoms. The predicted molar refractivity (Wildman–Crippen MR) is 61.4 cm³/mol. The van der Waals surface area contributed by atoms with Gasteiger partial charge >= 0.3 is 0 Å². The minimum Gasteiger partial charge on any atom is -0.395 e. The molecule has 0 amide bonds. The first-order valence-corrected chi connectivity index (χ1v) is 5.67. The van der Waals surface area contributed by atoms with Gasteiger partial charge in [-0.2, -0.15) is 12.6 Å². The van der Waals surface area contributed by atoms with Crippen LogP contribution < -0.4 is 0 Å². The SMILES string of the molecule is CC(CCS)CCN(C)C(C)CO. The first kappa shape index (κ1) is 13.3. The molecule has 0 aromatic heterocycles. The maximum atomic E-state index is 8.92. The van der Waals surface area contributed by atoms with Gasteiger partial charge in [0.2, 0.25) is 0 Å². The normalized spacial score (nSPS) is 16.2. The quantitative estimate of drug-likeness (QED) is 0.617. The molecule has 0 radical (unpaired) electrons. The van der Waals surface area contributed by atoms with Crippen molar-refractivity contribution in [3.05, 3.63) is 0 Å². The van der Waals surface area contributed by atoms with Crippen LogP contribution in [-0.4, -0.2) is 42.0 Å². The first-order chi connectivity index (χ1) is 6.11. The third-order valence-electron chi connectivity index (χ3n) is 2.61. The summed E-state index contributed by atoms with van der Waals surface area (Å²) < 4.78 is 0. The minimum absolute atomic E-state index is 0.247. The maximum Gasteiger partial charge on any atom is 0.0584 e. The molecule has 0 heterocycles. The number of thiol groups is 1. The average Bonchev–Trinajstić information content (AvgIpc) is 2.13. The number of rotatable bonds is 7. The van der Waals surface area contributed by atoms with Crippen molar-refractivity contribution >= 4 is 12.6 Å². The van der Waals surface area contributed by atoms with Crippen molar-refractivity contribution in [2.45, 2.75) is 32.7 Å². The van der Waals surface area contributed by atoms with Gasteiger partial charge in [0.25, 0.3) is 0 Å². The maximum absolute atomic E-state index is 8.92. The summed E-state index contributed by atoms with van der Waals surface area (Å²) >= 11 is 4.21. The van der Waals surface area contributed by atoms with Gasteiger partial charge in [-0.05, 0) is 45.0 Å². The van der Waals surface area contributed by atoms with Crippen LogP contribution in [0.2, 0.25) is 0 Å². The molecule has 0 aliphatic carbocycles. The predicted octanol–water partition coefficient (Wildman–Crippen LogP) is 1.65. The van der Waals surface area contributed by atoms with Crippen molar-refractivity contribution in [1.29, 1.82) is 0 Å². The number of hydrogen-bond donors (Lipinski definition) is 2. The van der Waals surface area contributed by atoms with E-state index >= 15 is 0 Å². The lowest BCUT2D eigenvalue weighted by molar-refractivity contribution is 0.153. The molecule has 0 aliphatic rings. The molecular weight excluding hydrogens is 182 g/mol. The fraction of sp³-hybridized carbons (Fsp3) is 1.00. The Labute approximate surface area is 87.7 Å². The van der Waals surface area contributed by atoms with Crippen LogP contribution >= 0.6 is 12.6 Å². The van der Waals surface area contributed by atoms with E-state index in [0.29, 0.717) is 0 Å². The molecule has 0 saturated carbocycles. The first-order valence-electron chi connectivity index (χ1n) is 5.03. The van der Waals surface area contributed by atoms with E-state index < -0.39 is 0 Å². The van der Waals surface area contributed by atoms with Crippen LogP contribution in [0.3, 0.4) is 0 Å². The molecular formula is C10H23NOS. The lowest BCUT2D eigenvalue weighted by Gasteiger charge is -2.24. The summed E-state index contributed by atoms with van der Waals surface area (Å²) in [5, 5.41) is 8.92. The second kappa shape index (κ2) is 7.65. The lowest BCUT2D eigenvalue weighted by Crippen LogP contribution is -2.33. The van der Waals surface area contributed by atoms with Gasteiger partial charge in [0, 0.05) is 6.04 Å².